The molecule has 0 aliphatic carbocycles. The van der Waals surface area contributed by atoms with Crippen LogP contribution in [0.1, 0.15) is 41.0 Å². The average Bonchev–Trinajstić information content (AvgIpc) is 2.81. The summed E-state index contributed by atoms with van der Waals surface area (Å²) in [6.45, 7) is 9.43. The molecule has 3 aromatic rings. The summed E-state index contributed by atoms with van der Waals surface area (Å²) in [5.74, 6) is 0.361. The van der Waals surface area contributed by atoms with Gasteiger partial charge in [0, 0.05) is 31.6 Å². The zero-order valence-corrected chi connectivity index (χ0v) is 21.2. The van der Waals surface area contributed by atoms with Crippen molar-refractivity contribution < 1.29 is 8.42 Å². The molecule has 0 saturated carbocycles. The lowest BCUT2D eigenvalue weighted by molar-refractivity contribution is 0.0347. The van der Waals surface area contributed by atoms with Crippen LogP contribution in [-0.4, -0.2) is 49.8 Å². The third-order valence-corrected chi connectivity index (χ3v) is 9.85. The molecule has 0 unspecified atom stereocenters. The standard InChI is InChI=1S/C29H34N2O2S/c1-21-10-8-11-26(23(21)3)24-13-15-25(16-14-24)27-19-30-17-6-7-18-31(20-28(27)30)34(32,33)29-12-5-4-9-22(29)2/h4-5,8-16,27-28H,6-7,17-20H2,1-3H3/t27-,28-/m0/s1. The van der Waals surface area contributed by atoms with Crippen LogP contribution in [0.15, 0.2) is 71.6 Å². The fraction of sp³-hybridized carbons (Fsp3) is 0.379. The molecule has 0 N–H and O–H groups in total. The molecule has 2 aliphatic heterocycles. The molecule has 0 bridgehead atoms. The smallest absolute Gasteiger partial charge is 0.243 e. The predicted molar refractivity (Wildman–Crippen MR) is 139 cm³/mol. The minimum atomic E-state index is -3.51. The van der Waals surface area contributed by atoms with Gasteiger partial charge in [-0.2, -0.15) is 4.31 Å². The molecule has 2 saturated heterocycles. The summed E-state index contributed by atoms with van der Waals surface area (Å²) in [7, 11) is -3.51. The largest absolute Gasteiger partial charge is 0.298 e. The fourth-order valence-electron chi connectivity index (χ4n) is 5.53. The number of nitrogens with zero attached hydrogens (tertiary/aromatic N) is 2. The fourth-order valence-corrected chi connectivity index (χ4v) is 7.26. The van der Waals surface area contributed by atoms with E-state index in [9.17, 15) is 8.42 Å². The second-order valence-corrected chi connectivity index (χ2v) is 11.8. The highest BCUT2D eigenvalue weighted by molar-refractivity contribution is 7.89. The van der Waals surface area contributed by atoms with Crippen LogP contribution in [0.4, 0.5) is 0 Å². The third-order valence-electron chi connectivity index (χ3n) is 7.82. The van der Waals surface area contributed by atoms with E-state index in [2.05, 4.69) is 61.2 Å². The van der Waals surface area contributed by atoms with Crippen LogP contribution in [0, 0.1) is 20.8 Å². The molecule has 3 aromatic carbocycles. The first-order chi connectivity index (χ1) is 16.4. The van der Waals surface area contributed by atoms with Crippen molar-refractivity contribution in [2.75, 3.05) is 26.2 Å². The number of sulfonamides is 1. The number of hydrogen-bond acceptors (Lipinski definition) is 3. The number of fused-ring (bicyclic) bond motifs is 1. The molecule has 5 rings (SSSR count). The van der Waals surface area contributed by atoms with Crippen LogP contribution in [0.3, 0.4) is 0 Å². The Kier molecular flexibility index (Phi) is 6.36. The van der Waals surface area contributed by atoms with Crippen molar-refractivity contribution in [3.8, 4) is 11.1 Å². The average molecular weight is 475 g/mol. The van der Waals surface area contributed by atoms with Gasteiger partial charge in [-0.05, 0) is 79.6 Å². The van der Waals surface area contributed by atoms with Crippen molar-refractivity contribution in [3.05, 3.63) is 89.0 Å². The molecule has 178 valence electrons. The second-order valence-electron chi connectivity index (χ2n) is 9.87. The van der Waals surface area contributed by atoms with Gasteiger partial charge in [-0.1, -0.05) is 60.7 Å². The summed E-state index contributed by atoms with van der Waals surface area (Å²) < 4.78 is 28.9. The van der Waals surface area contributed by atoms with E-state index in [0.29, 0.717) is 23.9 Å². The summed E-state index contributed by atoms with van der Waals surface area (Å²) in [5.41, 5.74) is 7.27. The van der Waals surface area contributed by atoms with E-state index in [1.165, 1.54) is 27.8 Å². The summed E-state index contributed by atoms with van der Waals surface area (Å²) in [6, 6.07) is 23.0. The van der Waals surface area contributed by atoms with Crippen molar-refractivity contribution in [1.82, 2.24) is 9.21 Å². The van der Waals surface area contributed by atoms with Gasteiger partial charge in [-0.25, -0.2) is 8.42 Å². The summed E-state index contributed by atoms with van der Waals surface area (Å²) in [6.07, 6.45) is 1.94. The van der Waals surface area contributed by atoms with Crippen molar-refractivity contribution in [2.24, 2.45) is 0 Å². The van der Waals surface area contributed by atoms with Crippen LogP contribution in [0.5, 0.6) is 0 Å². The van der Waals surface area contributed by atoms with Crippen LogP contribution in [0.25, 0.3) is 11.1 Å². The first kappa shape index (κ1) is 23.3. The lowest BCUT2D eigenvalue weighted by Gasteiger charge is -2.51. The Labute approximate surface area is 204 Å². The monoisotopic (exact) mass is 474 g/mol. The molecule has 2 fully saturated rings. The highest BCUT2D eigenvalue weighted by Crippen LogP contribution is 2.38. The first-order valence-corrected chi connectivity index (χ1v) is 13.8. The molecule has 34 heavy (non-hydrogen) atoms. The van der Waals surface area contributed by atoms with Gasteiger partial charge in [0.25, 0.3) is 0 Å². The zero-order chi connectivity index (χ0) is 23.9. The summed E-state index contributed by atoms with van der Waals surface area (Å²) in [4.78, 5) is 2.92. The maximum atomic E-state index is 13.6. The maximum absolute atomic E-state index is 13.6. The molecule has 0 aromatic heterocycles. The molecule has 2 heterocycles. The Hall–Kier alpha value is -2.47. The predicted octanol–water partition coefficient (Wildman–Crippen LogP) is 5.53. The van der Waals surface area contributed by atoms with Crippen molar-refractivity contribution in [1.29, 1.82) is 0 Å². The van der Waals surface area contributed by atoms with Crippen LogP contribution < -0.4 is 0 Å². The van der Waals surface area contributed by atoms with E-state index in [0.717, 1.165) is 31.5 Å². The normalized spacial score (nSPS) is 21.9. The van der Waals surface area contributed by atoms with Gasteiger partial charge in [0.1, 0.15) is 0 Å². The molecule has 2 aliphatic rings. The minimum Gasteiger partial charge on any atom is -0.298 e. The Balaban J connectivity index is 1.39. The minimum absolute atomic E-state index is 0.227. The first-order valence-electron chi connectivity index (χ1n) is 12.3. The van der Waals surface area contributed by atoms with E-state index in [1.807, 2.05) is 25.1 Å². The zero-order valence-electron chi connectivity index (χ0n) is 20.4. The Morgan fingerprint density at radius 2 is 1.47 bits per heavy atom. The van der Waals surface area contributed by atoms with E-state index in [1.54, 1.807) is 10.4 Å². The summed E-state index contributed by atoms with van der Waals surface area (Å²) >= 11 is 0. The van der Waals surface area contributed by atoms with Gasteiger partial charge in [-0.3, -0.25) is 4.90 Å². The van der Waals surface area contributed by atoms with Gasteiger partial charge in [0.15, 0.2) is 0 Å². The molecule has 5 heteroatoms. The molecule has 4 nitrogen and oxygen atoms in total. The molecule has 0 amide bonds. The second kappa shape index (κ2) is 9.29. The summed E-state index contributed by atoms with van der Waals surface area (Å²) in [5, 5.41) is 0. The van der Waals surface area contributed by atoms with E-state index >= 15 is 0 Å². The topological polar surface area (TPSA) is 40.6 Å². The lowest BCUT2D eigenvalue weighted by atomic mass is 9.81. The number of rotatable bonds is 4. The Bertz CT molecular complexity index is 1280. The van der Waals surface area contributed by atoms with Crippen LogP contribution in [0.2, 0.25) is 0 Å². The van der Waals surface area contributed by atoms with Gasteiger partial charge in [-0.15, -0.1) is 0 Å². The highest BCUT2D eigenvalue weighted by Gasteiger charge is 2.43. The van der Waals surface area contributed by atoms with Crippen LogP contribution >= 0.6 is 0 Å². The SMILES string of the molecule is Cc1ccccc1S(=O)(=O)N1CCCCN2C[C@@H](c3ccc(-c4cccc(C)c4C)cc3)[C@@H]2C1. The Morgan fingerprint density at radius 1 is 0.765 bits per heavy atom. The Morgan fingerprint density at radius 3 is 2.24 bits per heavy atom. The molecular weight excluding hydrogens is 440 g/mol. The van der Waals surface area contributed by atoms with Crippen LogP contribution in [-0.2, 0) is 10.0 Å². The molecule has 0 radical (unpaired) electrons. The highest BCUT2D eigenvalue weighted by atomic mass is 32.2. The maximum Gasteiger partial charge on any atom is 0.243 e. The number of hydrogen-bond donors (Lipinski definition) is 0. The van der Waals surface area contributed by atoms with Crippen molar-refractivity contribution in [2.45, 2.75) is 50.5 Å². The number of benzene rings is 3. The number of aryl methyl sites for hydroxylation is 2. The van der Waals surface area contributed by atoms with E-state index in [-0.39, 0.29) is 6.04 Å². The van der Waals surface area contributed by atoms with Crippen molar-refractivity contribution >= 4 is 10.0 Å². The quantitative estimate of drug-likeness (QED) is 0.499. The van der Waals surface area contributed by atoms with E-state index < -0.39 is 10.0 Å². The molecule has 0 spiro atoms. The lowest BCUT2D eigenvalue weighted by Crippen LogP contribution is -2.60. The third kappa shape index (κ3) is 4.21. The van der Waals surface area contributed by atoms with Gasteiger partial charge in [0.2, 0.25) is 10.0 Å². The molecular formula is C29H34N2O2S. The van der Waals surface area contributed by atoms with Gasteiger partial charge in [0.05, 0.1) is 4.90 Å². The van der Waals surface area contributed by atoms with Gasteiger partial charge >= 0.3 is 0 Å². The van der Waals surface area contributed by atoms with Gasteiger partial charge < -0.3 is 0 Å². The van der Waals surface area contributed by atoms with Crippen molar-refractivity contribution in [3.63, 3.8) is 0 Å². The molecule has 2 atom stereocenters. The van der Waals surface area contributed by atoms with E-state index in [4.69, 9.17) is 0 Å².